The lowest BCUT2D eigenvalue weighted by molar-refractivity contribution is -0.385. The number of non-ortho nitro benzene ring substituents is 1. The summed E-state index contributed by atoms with van der Waals surface area (Å²) in [5, 5.41) is 10.5. The van der Waals surface area contributed by atoms with Gasteiger partial charge in [0.05, 0.1) is 10.5 Å². The molecule has 90 valence electrons. The van der Waals surface area contributed by atoms with Crippen LogP contribution < -0.4 is 0 Å². The van der Waals surface area contributed by atoms with Gasteiger partial charge in [-0.25, -0.2) is 6.57 Å². The molecule has 0 saturated heterocycles. The molecule has 4 nitrogen and oxygen atoms in total. The number of alkyl halides is 3. The summed E-state index contributed by atoms with van der Waals surface area (Å²) in [5.74, 6) is 0. The van der Waals surface area contributed by atoms with Crippen LogP contribution in [0.5, 0.6) is 0 Å². The van der Waals surface area contributed by atoms with Crippen molar-refractivity contribution in [1.29, 1.82) is 0 Å². The van der Waals surface area contributed by atoms with Crippen molar-refractivity contribution in [3.63, 3.8) is 0 Å². The minimum Gasteiger partial charge on any atom is -0.309 e. The van der Waals surface area contributed by atoms with Gasteiger partial charge in [0.2, 0.25) is 6.04 Å². The highest BCUT2D eigenvalue weighted by molar-refractivity contribution is 5.42. The van der Waals surface area contributed by atoms with Gasteiger partial charge in [0.1, 0.15) is 0 Å². The van der Waals surface area contributed by atoms with E-state index in [0.717, 1.165) is 12.1 Å². The molecule has 0 heterocycles. The van der Waals surface area contributed by atoms with Crippen LogP contribution in [0.25, 0.3) is 4.85 Å². The van der Waals surface area contributed by atoms with Gasteiger partial charge in [0.15, 0.2) is 0 Å². The number of nitrogens with zero attached hydrogens (tertiary/aromatic N) is 2. The van der Waals surface area contributed by atoms with E-state index >= 15 is 0 Å². The highest BCUT2D eigenvalue weighted by Crippen LogP contribution is 2.34. The lowest BCUT2D eigenvalue weighted by Crippen LogP contribution is -2.07. The minimum atomic E-state index is -4.66. The Labute approximate surface area is 94.6 Å². The normalized spacial score (nSPS) is 12.9. The summed E-state index contributed by atoms with van der Waals surface area (Å²) in [5.41, 5.74) is -1.79. The van der Waals surface area contributed by atoms with Gasteiger partial charge in [-0.05, 0) is 6.07 Å². The van der Waals surface area contributed by atoms with Gasteiger partial charge in [0.25, 0.3) is 5.69 Å². The molecule has 0 spiro atoms. The SMILES string of the molecule is [C-]#[N+]C(C)c1cc([N+](=O)[O-])cc(C(F)(F)F)c1. The van der Waals surface area contributed by atoms with Crippen molar-refractivity contribution in [2.45, 2.75) is 19.1 Å². The Balaban J connectivity index is 3.40. The summed E-state index contributed by atoms with van der Waals surface area (Å²) in [6.07, 6.45) is -4.66. The first-order valence-corrected chi connectivity index (χ1v) is 4.49. The van der Waals surface area contributed by atoms with E-state index in [0.29, 0.717) is 6.07 Å². The summed E-state index contributed by atoms with van der Waals surface area (Å²) in [6.45, 7) is 8.11. The number of hydrogen-bond donors (Lipinski definition) is 0. The molecule has 0 N–H and O–H groups in total. The smallest absolute Gasteiger partial charge is 0.309 e. The standard InChI is InChI=1S/C10H7F3N2O2/c1-6(14-2)7-3-8(10(11,12)13)5-9(4-7)15(16)17/h3-6H,1H3. The molecule has 1 aromatic carbocycles. The van der Waals surface area contributed by atoms with Crippen molar-refractivity contribution in [2.24, 2.45) is 0 Å². The summed E-state index contributed by atoms with van der Waals surface area (Å²) in [6, 6.07) is 1.35. The third-order valence-electron chi connectivity index (χ3n) is 2.15. The van der Waals surface area contributed by atoms with Crippen LogP contribution >= 0.6 is 0 Å². The number of benzene rings is 1. The van der Waals surface area contributed by atoms with E-state index in [1.165, 1.54) is 6.92 Å². The van der Waals surface area contributed by atoms with Crippen LogP contribution in [-0.4, -0.2) is 4.92 Å². The quantitative estimate of drug-likeness (QED) is 0.453. The highest BCUT2D eigenvalue weighted by atomic mass is 19.4. The van der Waals surface area contributed by atoms with E-state index < -0.39 is 28.4 Å². The predicted molar refractivity (Wildman–Crippen MR) is 53.1 cm³/mol. The van der Waals surface area contributed by atoms with Crippen molar-refractivity contribution in [3.05, 3.63) is 50.9 Å². The number of halogens is 3. The molecule has 17 heavy (non-hydrogen) atoms. The Bertz CT molecular complexity index is 491. The minimum absolute atomic E-state index is 0.0125. The number of nitro groups is 1. The molecule has 0 aliphatic rings. The second kappa shape index (κ2) is 4.41. The van der Waals surface area contributed by atoms with E-state index in [1.54, 1.807) is 0 Å². The van der Waals surface area contributed by atoms with Crippen LogP contribution in [0.3, 0.4) is 0 Å². The van der Waals surface area contributed by atoms with Crippen molar-refractivity contribution in [1.82, 2.24) is 0 Å². The number of rotatable bonds is 2. The van der Waals surface area contributed by atoms with Crippen molar-refractivity contribution < 1.29 is 18.1 Å². The van der Waals surface area contributed by atoms with E-state index in [-0.39, 0.29) is 5.56 Å². The monoisotopic (exact) mass is 244 g/mol. The molecule has 0 radical (unpaired) electrons. The van der Waals surface area contributed by atoms with Crippen LogP contribution in [0, 0.1) is 16.7 Å². The van der Waals surface area contributed by atoms with E-state index in [1.807, 2.05) is 0 Å². The Morgan fingerprint density at radius 1 is 1.41 bits per heavy atom. The molecule has 0 fully saturated rings. The first kappa shape index (κ1) is 13.0. The summed E-state index contributed by atoms with van der Waals surface area (Å²) < 4.78 is 37.4. The average Bonchev–Trinajstić information content (AvgIpc) is 2.26. The fourth-order valence-corrected chi connectivity index (χ4v) is 1.22. The van der Waals surface area contributed by atoms with Gasteiger partial charge >= 0.3 is 6.18 Å². The maximum Gasteiger partial charge on any atom is 0.416 e. The lowest BCUT2D eigenvalue weighted by atomic mass is 10.0. The van der Waals surface area contributed by atoms with Crippen LogP contribution in [0.2, 0.25) is 0 Å². The highest BCUT2D eigenvalue weighted by Gasteiger charge is 2.33. The number of hydrogen-bond acceptors (Lipinski definition) is 2. The topological polar surface area (TPSA) is 47.5 Å². The first-order chi connectivity index (χ1) is 7.75. The van der Waals surface area contributed by atoms with Crippen LogP contribution in [-0.2, 0) is 6.18 Å². The Hall–Kier alpha value is -2.10. The second-order valence-corrected chi connectivity index (χ2v) is 3.37. The zero-order valence-corrected chi connectivity index (χ0v) is 8.65. The second-order valence-electron chi connectivity index (χ2n) is 3.37. The Kier molecular flexibility index (Phi) is 3.36. The molecule has 0 amide bonds. The molecule has 1 unspecified atom stereocenters. The zero-order valence-electron chi connectivity index (χ0n) is 8.65. The molecule has 0 saturated carbocycles. The predicted octanol–water partition coefficient (Wildman–Crippen LogP) is 3.59. The van der Waals surface area contributed by atoms with E-state index in [9.17, 15) is 23.3 Å². The molecule has 0 aliphatic heterocycles. The van der Waals surface area contributed by atoms with Gasteiger partial charge in [0, 0.05) is 24.6 Å². The lowest BCUT2D eigenvalue weighted by Gasteiger charge is -2.08. The maximum absolute atomic E-state index is 12.5. The fraction of sp³-hybridized carbons (Fsp3) is 0.300. The first-order valence-electron chi connectivity index (χ1n) is 4.49. The molecule has 0 aliphatic carbocycles. The summed E-state index contributed by atoms with van der Waals surface area (Å²) in [7, 11) is 0. The van der Waals surface area contributed by atoms with Crippen molar-refractivity contribution in [3.8, 4) is 0 Å². The molecular formula is C10H7F3N2O2. The van der Waals surface area contributed by atoms with Gasteiger partial charge < -0.3 is 4.85 Å². The number of nitro benzene ring substituents is 1. The molecule has 0 aromatic heterocycles. The van der Waals surface area contributed by atoms with Gasteiger partial charge in [-0.2, -0.15) is 13.2 Å². The fourth-order valence-electron chi connectivity index (χ4n) is 1.22. The zero-order chi connectivity index (χ0) is 13.2. The maximum atomic E-state index is 12.5. The third-order valence-corrected chi connectivity index (χ3v) is 2.15. The largest absolute Gasteiger partial charge is 0.416 e. The molecule has 0 bridgehead atoms. The van der Waals surface area contributed by atoms with Gasteiger partial charge in [-0.3, -0.25) is 10.1 Å². The molecular weight excluding hydrogens is 237 g/mol. The summed E-state index contributed by atoms with van der Waals surface area (Å²) >= 11 is 0. The van der Waals surface area contributed by atoms with Gasteiger partial charge in [-0.15, -0.1) is 0 Å². The molecule has 1 atom stereocenters. The molecule has 7 heteroatoms. The van der Waals surface area contributed by atoms with Crippen LogP contribution in [0.15, 0.2) is 18.2 Å². The summed E-state index contributed by atoms with van der Waals surface area (Å²) in [4.78, 5) is 12.6. The average molecular weight is 244 g/mol. The van der Waals surface area contributed by atoms with E-state index in [4.69, 9.17) is 6.57 Å². The Morgan fingerprint density at radius 3 is 2.41 bits per heavy atom. The molecule has 1 aromatic rings. The van der Waals surface area contributed by atoms with Crippen LogP contribution in [0.4, 0.5) is 18.9 Å². The Morgan fingerprint density at radius 2 is 2.00 bits per heavy atom. The van der Waals surface area contributed by atoms with E-state index in [2.05, 4.69) is 4.85 Å². The van der Waals surface area contributed by atoms with Crippen molar-refractivity contribution >= 4 is 5.69 Å². The van der Waals surface area contributed by atoms with Crippen LogP contribution in [0.1, 0.15) is 24.1 Å². The molecule has 1 rings (SSSR count). The van der Waals surface area contributed by atoms with Crippen molar-refractivity contribution in [2.75, 3.05) is 0 Å². The van der Waals surface area contributed by atoms with Gasteiger partial charge in [-0.1, -0.05) is 0 Å². The third kappa shape index (κ3) is 2.93.